The highest BCUT2D eigenvalue weighted by Crippen LogP contribution is 2.11. The zero-order valence-corrected chi connectivity index (χ0v) is 6.53. The number of hydrogen-bond donors (Lipinski definition) is 2. The molecule has 1 aromatic heterocycles. The van der Waals surface area contributed by atoms with E-state index in [9.17, 15) is 0 Å². The van der Waals surface area contributed by atoms with E-state index in [1.807, 2.05) is 6.20 Å². The smallest absolute Gasteiger partial charge is 0.0940 e. The van der Waals surface area contributed by atoms with E-state index in [-0.39, 0.29) is 0 Å². The molecular weight excluding hydrogens is 146 g/mol. The maximum absolute atomic E-state index is 5.40. The molecule has 4 heteroatoms. The number of hydrogen-bond acceptors (Lipinski definition) is 4. The van der Waals surface area contributed by atoms with Crippen molar-refractivity contribution >= 4 is 11.3 Å². The number of nitrogens with zero attached hydrogens (tertiary/aromatic N) is 1. The van der Waals surface area contributed by atoms with Crippen molar-refractivity contribution in [2.24, 2.45) is 11.5 Å². The molecule has 1 rings (SSSR count). The second kappa shape index (κ2) is 3.65. The zero-order valence-electron chi connectivity index (χ0n) is 5.71. The Morgan fingerprint density at radius 1 is 1.50 bits per heavy atom. The number of nitrogens with two attached hydrogens (primary N) is 2. The molecule has 4 N–H and O–H groups in total. The third-order valence-electron chi connectivity index (χ3n) is 1.16. The van der Waals surface area contributed by atoms with Gasteiger partial charge in [-0.15, -0.1) is 11.3 Å². The fourth-order valence-corrected chi connectivity index (χ4v) is 1.50. The molecule has 56 valence electrons. The van der Waals surface area contributed by atoms with Gasteiger partial charge in [0.1, 0.15) is 0 Å². The largest absolute Gasteiger partial charge is 0.330 e. The van der Waals surface area contributed by atoms with Crippen LogP contribution in [0.25, 0.3) is 0 Å². The van der Waals surface area contributed by atoms with Crippen LogP contribution in [0.4, 0.5) is 0 Å². The summed E-state index contributed by atoms with van der Waals surface area (Å²) in [7, 11) is 0. The summed E-state index contributed by atoms with van der Waals surface area (Å²) in [4.78, 5) is 5.26. The lowest BCUT2D eigenvalue weighted by Gasteiger charge is -1.86. The Bertz CT molecular complexity index is 197. The summed E-state index contributed by atoms with van der Waals surface area (Å²) in [5.74, 6) is 0. The fourth-order valence-electron chi connectivity index (χ4n) is 0.681. The maximum atomic E-state index is 5.40. The number of rotatable bonds is 3. The molecule has 0 saturated heterocycles. The topological polar surface area (TPSA) is 64.9 Å². The van der Waals surface area contributed by atoms with Crippen LogP contribution in [0.2, 0.25) is 0 Å². The molecule has 0 aliphatic carbocycles. The average Bonchev–Trinajstić information content (AvgIpc) is 2.37. The molecule has 0 fully saturated rings. The van der Waals surface area contributed by atoms with Gasteiger partial charge < -0.3 is 11.5 Å². The third-order valence-corrected chi connectivity index (χ3v) is 2.24. The Morgan fingerprint density at radius 3 is 2.80 bits per heavy atom. The van der Waals surface area contributed by atoms with Crippen LogP contribution < -0.4 is 11.5 Å². The second-order valence-electron chi connectivity index (χ2n) is 1.96. The second-order valence-corrected chi connectivity index (χ2v) is 3.16. The molecule has 0 atom stereocenters. The van der Waals surface area contributed by atoms with E-state index in [4.69, 9.17) is 11.5 Å². The van der Waals surface area contributed by atoms with Crippen LogP contribution in [-0.4, -0.2) is 11.5 Å². The van der Waals surface area contributed by atoms with Crippen molar-refractivity contribution in [1.82, 2.24) is 4.98 Å². The molecular formula is C6H11N3S. The minimum Gasteiger partial charge on any atom is -0.330 e. The van der Waals surface area contributed by atoms with Gasteiger partial charge in [-0.1, -0.05) is 0 Å². The molecule has 0 bridgehead atoms. The van der Waals surface area contributed by atoms with Gasteiger partial charge in [0.15, 0.2) is 0 Å². The molecule has 0 spiro atoms. The minimum atomic E-state index is 0.586. The van der Waals surface area contributed by atoms with Gasteiger partial charge in [0, 0.05) is 24.0 Å². The van der Waals surface area contributed by atoms with E-state index < -0.39 is 0 Å². The van der Waals surface area contributed by atoms with Crippen molar-refractivity contribution in [2.45, 2.75) is 13.0 Å². The van der Waals surface area contributed by atoms with Gasteiger partial charge in [-0.25, -0.2) is 4.98 Å². The van der Waals surface area contributed by atoms with Gasteiger partial charge in [0.05, 0.1) is 5.01 Å². The van der Waals surface area contributed by atoms with E-state index in [1.165, 1.54) is 0 Å². The molecule has 0 unspecified atom stereocenters. The lowest BCUT2D eigenvalue weighted by molar-refractivity contribution is 0.952. The molecule has 0 saturated carbocycles. The molecule has 1 heterocycles. The summed E-state index contributed by atoms with van der Waals surface area (Å²) >= 11 is 1.64. The monoisotopic (exact) mass is 157 g/mol. The average molecular weight is 157 g/mol. The van der Waals surface area contributed by atoms with Crippen LogP contribution in [0, 0.1) is 0 Å². The predicted octanol–water partition coefficient (Wildman–Crippen LogP) is 0.103. The lowest BCUT2D eigenvalue weighted by Crippen LogP contribution is -2.01. The molecule has 0 aromatic carbocycles. The molecule has 0 aliphatic rings. The highest BCUT2D eigenvalue weighted by atomic mass is 32.1. The van der Waals surface area contributed by atoms with Gasteiger partial charge in [-0.05, 0) is 6.54 Å². The van der Waals surface area contributed by atoms with Crippen molar-refractivity contribution in [3.8, 4) is 0 Å². The van der Waals surface area contributed by atoms with Crippen LogP contribution in [0.3, 0.4) is 0 Å². The fraction of sp³-hybridized carbons (Fsp3) is 0.500. The first kappa shape index (κ1) is 7.65. The number of aromatic nitrogens is 1. The number of thiazole rings is 1. The summed E-state index contributed by atoms with van der Waals surface area (Å²) in [6, 6.07) is 0. The Hall–Kier alpha value is -0.450. The highest BCUT2D eigenvalue weighted by molar-refractivity contribution is 7.11. The van der Waals surface area contributed by atoms with E-state index >= 15 is 0 Å². The van der Waals surface area contributed by atoms with Crippen molar-refractivity contribution < 1.29 is 0 Å². The van der Waals surface area contributed by atoms with Gasteiger partial charge in [-0.2, -0.15) is 0 Å². The van der Waals surface area contributed by atoms with Crippen molar-refractivity contribution in [2.75, 3.05) is 6.54 Å². The predicted molar refractivity (Wildman–Crippen MR) is 42.8 cm³/mol. The lowest BCUT2D eigenvalue weighted by atomic mass is 10.5. The molecule has 3 nitrogen and oxygen atoms in total. The van der Waals surface area contributed by atoms with Gasteiger partial charge in [0.25, 0.3) is 0 Å². The van der Waals surface area contributed by atoms with E-state index in [0.29, 0.717) is 13.1 Å². The summed E-state index contributed by atoms with van der Waals surface area (Å²) in [6.45, 7) is 1.25. The Morgan fingerprint density at radius 2 is 2.30 bits per heavy atom. The van der Waals surface area contributed by atoms with Crippen molar-refractivity contribution in [3.63, 3.8) is 0 Å². The normalized spacial score (nSPS) is 10.2. The molecule has 10 heavy (non-hydrogen) atoms. The van der Waals surface area contributed by atoms with Crippen molar-refractivity contribution in [3.05, 3.63) is 16.1 Å². The van der Waals surface area contributed by atoms with E-state index in [1.54, 1.807) is 11.3 Å². The van der Waals surface area contributed by atoms with Crippen LogP contribution in [0.15, 0.2) is 6.20 Å². The van der Waals surface area contributed by atoms with Crippen molar-refractivity contribution in [1.29, 1.82) is 0 Å². The third kappa shape index (κ3) is 1.76. The minimum absolute atomic E-state index is 0.586. The molecule has 0 amide bonds. The van der Waals surface area contributed by atoms with Gasteiger partial charge in [0.2, 0.25) is 0 Å². The first-order valence-electron chi connectivity index (χ1n) is 3.20. The highest BCUT2D eigenvalue weighted by Gasteiger charge is 1.97. The van der Waals surface area contributed by atoms with E-state index in [2.05, 4.69) is 4.98 Å². The standard InChI is InChI=1S/C6H11N3S/c7-2-1-6-9-4-5(3-8)10-6/h4H,1-3,7-8H2. The molecule has 0 radical (unpaired) electrons. The van der Waals surface area contributed by atoms with Crippen LogP contribution >= 0.6 is 11.3 Å². The van der Waals surface area contributed by atoms with E-state index in [0.717, 1.165) is 16.3 Å². The van der Waals surface area contributed by atoms with Crippen LogP contribution in [0.1, 0.15) is 9.88 Å². The summed E-state index contributed by atoms with van der Waals surface area (Å²) in [5.41, 5.74) is 10.7. The maximum Gasteiger partial charge on any atom is 0.0940 e. The quantitative estimate of drug-likeness (QED) is 0.654. The molecule has 1 aromatic rings. The zero-order chi connectivity index (χ0) is 7.40. The SMILES string of the molecule is NCCc1ncc(CN)s1. The Kier molecular flexibility index (Phi) is 2.80. The first-order valence-corrected chi connectivity index (χ1v) is 4.02. The summed E-state index contributed by atoms with van der Waals surface area (Å²) < 4.78 is 0. The van der Waals surface area contributed by atoms with Crippen LogP contribution in [-0.2, 0) is 13.0 Å². The van der Waals surface area contributed by atoms with Gasteiger partial charge in [-0.3, -0.25) is 0 Å². The Balaban J connectivity index is 2.59. The van der Waals surface area contributed by atoms with Gasteiger partial charge >= 0.3 is 0 Å². The van der Waals surface area contributed by atoms with Crippen LogP contribution in [0.5, 0.6) is 0 Å². The summed E-state index contributed by atoms with van der Waals surface area (Å²) in [5, 5.41) is 1.09. The Labute approximate surface area is 64.1 Å². The summed E-state index contributed by atoms with van der Waals surface area (Å²) in [6.07, 6.45) is 2.68. The molecule has 0 aliphatic heterocycles. The first-order chi connectivity index (χ1) is 4.86.